The topological polar surface area (TPSA) is 172 Å². The Hall–Kier alpha value is -6.24. The molecule has 9 heterocycles. The number of piperidine rings is 4. The maximum absolute atomic E-state index is 15.9. The van der Waals surface area contributed by atoms with Crippen LogP contribution in [0.5, 0.6) is 0 Å². The number of carbonyl (C=O) groups is 5. The van der Waals surface area contributed by atoms with Crippen molar-refractivity contribution in [2.45, 2.75) is 140 Å². The van der Waals surface area contributed by atoms with E-state index in [1.165, 1.54) is 40.2 Å². The number of fused-ring (bicyclic) bond motifs is 3. The van der Waals surface area contributed by atoms with E-state index in [0.29, 0.717) is 62.4 Å². The number of pyridine rings is 2. The molecular weight excluding hydrogens is 947 g/mol. The number of halogens is 2. The molecule has 19 heteroatoms. The van der Waals surface area contributed by atoms with E-state index in [4.69, 9.17) is 9.97 Å². The number of nitrogens with one attached hydrogen (secondary N) is 2. The van der Waals surface area contributed by atoms with Crippen molar-refractivity contribution in [1.29, 1.82) is 0 Å². The second-order valence-electron chi connectivity index (χ2n) is 23.1. The van der Waals surface area contributed by atoms with Gasteiger partial charge in [-0.05, 0) is 127 Å². The molecule has 4 aromatic rings. The van der Waals surface area contributed by atoms with Crippen LogP contribution in [0.1, 0.15) is 116 Å². The summed E-state index contributed by atoms with van der Waals surface area (Å²) in [5, 5.41) is 5.95. The minimum Gasteiger partial charge on any atom is -0.366 e. The summed E-state index contributed by atoms with van der Waals surface area (Å²) >= 11 is 0. The number of amides is 6. The Kier molecular flexibility index (Phi) is 12.2. The summed E-state index contributed by atoms with van der Waals surface area (Å²) in [6.07, 6.45) is 13.0. The predicted octanol–water partition coefficient (Wildman–Crippen LogP) is 7.11. The first kappa shape index (κ1) is 48.7. The Balaban J connectivity index is 0.716. The van der Waals surface area contributed by atoms with Gasteiger partial charge < -0.3 is 34.4 Å². The van der Waals surface area contributed by atoms with Crippen molar-refractivity contribution in [2.24, 2.45) is 11.3 Å². The first-order valence-electron chi connectivity index (χ1n) is 27.2. The lowest BCUT2D eigenvalue weighted by atomic mass is 9.72. The van der Waals surface area contributed by atoms with E-state index >= 15 is 13.6 Å². The third kappa shape index (κ3) is 8.53. The van der Waals surface area contributed by atoms with Crippen LogP contribution in [0, 0.1) is 11.3 Å². The van der Waals surface area contributed by atoms with Crippen molar-refractivity contribution >= 4 is 63.7 Å². The highest BCUT2D eigenvalue weighted by molar-refractivity contribution is 6.10. The van der Waals surface area contributed by atoms with Gasteiger partial charge >= 0.3 is 6.03 Å². The normalized spacial score (nSPS) is 25.9. The van der Waals surface area contributed by atoms with Crippen LogP contribution >= 0.6 is 0 Å². The summed E-state index contributed by atoms with van der Waals surface area (Å²) in [5.41, 5.74) is 4.53. The fourth-order valence-electron chi connectivity index (χ4n) is 13.2. The zero-order valence-electron chi connectivity index (χ0n) is 42.8. The van der Waals surface area contributed by atoms with Crippen molar-refractivity contribution in [2.75, 3.05) is 78.9 Å². The summed E-state index contributed by atoms with van der Waals surface area (Å²) in [4.78, 5) is 93.0. The number of benzene rings is 1. The molecule has 1 atom stereocenters. The van der Waals surface area contributed by atoms with Crippen LogP contribution in [-0.2, 0) is 24.6 Å². The maximum atomic E-state index is 15.9. The highest BCUT2D eigenvalue weighted by atomic mass is 19.3. The Labute approximate surface area is 430 Å². The van der Waals surface area contributed by atoms with Gasteiger partial charge in [0.2, 0.25) is 23.6 Å². The first-order valence-corrected chi connectivity index (χ1v) is 27.2. The highest BCUT2D eigenvalue weighted by Crippen LogP contribution is 2.53. The molecule has 1 spiro atoms. The molecule has 2 aliphatic carbocycles. The van der Waals surface area contributed by atoms with E-state index in [1.807, 2.05) is 18.2 Å². The van der Waals surface area contributed by atoms with E-state index in [2.05, 4.69) is 68.1 Å². The lowest BCUT2D eigenvalue weighted by Crippen LogP contribution is -2.59. The first-order chi connectivity index (χ1) is 35.6. The van der Waals surface area contributed by atoms with E-state index in [9.17, 15) is 19.2 Å². The lowest BCUT2D eigenvalue weighted by molar-refractivity contribution is -0.158. The molecule has 392 valence electrons. The summed E-state index contributed by atoms with van der Waals surface area (Å²) < 4.78 is 34.1. The SMILES string of the molecule is CC(C)n1cnc2cc(-c3ccc4c(c3)N(C3CC(N5CCCCC5)C3)C(=O)C43CCN(C(=O)C4(C)CCN(C(=O)C5CCN(c6ccc(N7CCC(=O)NC7=O)cn6)CC5(F)F)CC4)CC3)nc(NC3CC3)c21. The molecule has 0 bridgehead atoms. The second-order valence-corrected chi connectivity index (χ2v) is 23.1. The van der Waals surface area contributed by atoms with Gasteiger partial charge in [-0.2, -0.15) is 0 Å². The Morgan fingerprint density at radius 1 is 0.824 bits per heavy atom. The zero-order chi connectivity index (χ0) is 51.3. The quantitative estimate of drug-likeness (QED) is 0.166. The molecule has 7 fully saturated rings. The number of nitrogens with zero attached hydrogens (tertiary/aromatic N) is 10. The number of carbonyl (C=O) groups excluding carboxylic acids is 5. The van der Waals surface area contributed by atoms with Gasteiger partial charge in [0, 0.05) is 86.5 Å². The number of hydrogen-bond donors (Lipinski definition) is 2. The van der Waals surface area contributed by atoms with Gasteiger partial charge in [-0.25, -0.2) is 28.5 Å². The van der Waals surface area contributed by atoms with Crippen LogP contribution in [0.4, 0.5) is 36.6 Å². The molecule has 1 aromatic carbocycles. The van der Waals surface area contributed by atoms with Gasteiger partial charge in [-0.15, -0.1) is 0 Å². The predicted molar refractivity (Wildman–Crippen MR) is 276 cm³/mol. The summed E-state index contributed by atoms with van der Waals surface area (Å²) in [6, 6.07) is 12.3. The third-order valence-electron chi connectivity index (χ3n) is 18.0. The summed E-state index contributed by atoms with van der Waals surface area (Å²) in [7, 11) is 0. The molecule has 12 rings (SSSR count). The molecule has 6 amide bonds. The van der Waals surface area contributed by atoms with E-state index in [-0.39, 0.29) is 68.8 Å². The number of urea groups is 1. The van der Waals surface area contributed by atoms with Gasteiger partial charge in [-0.3, -0.25) is 29.4 Å². The smallest absolute Gasteiger partial charge is 0.328 e. The summed E-state index contributed by atoms with van der Waals surface area (Å²) in [6.45, 7) is 9.43. The van der Waals surface area contributed by atoms with Gasteiger partial charge in [-0.1, -0.05) is 25.5 Å². The minimum atomic E-state index is -3.33. The molecule has 1 unspecified atom stereocenters. The van der Waals surface area contributed by atoms with Crippen molar-refractivity contribution in [3.63, 3.8) is 0 Å². The molecule has 74 heavy (non-hydrogen) atoms. The van der Waals surface area contributed by atoms with E-state index in [1.54, 1.807) is 12.1 Å². The number of likely N-dealkylation sites (tertiary alicyclic amines) is 3. The number of hydrogen-bond acceptors (Lipinski definition) is 11. The van der Waals surface area contributed by atoms with Crippen molar-refractivity contribution in [3.8, 4) is 11.3 Å². The molecular formula is C55H68F2N12O5. The van der Waals surface area contributed by atoms with Crippen LogP contribution in [-0.4, -0.2) is 147 Å². The lowest BCUT2D eigenvalue weighted by Gasteiger charge is -2.48. The van der Waals surface area contributed by atoms with Crippen LogP contribution in [0.2, 0.25) is 0 Å². The summed E-state index contributed by atoms with van der Waals surface area (Å²) in [5.74, 6) is -4.51. The van der Waals surface area contributed by atoms with Gasteiger partial charge in [0.25, 0.3) is 5.92 Å². The largest absolute Gasteiger partial charge is 0.366 e. The van der Waals surface area contributed by atoms with Crippen LogP contribution in [0.3, 0.4) is 0 Å². The number of alkyl halides is 2. The average Bonchev–Trinajstić information content (AvgIpc) is 4.06. The second kappa shape index (κ2) is 18.5. The molecule has 17 nitrogen and oxygen atoms in total. The molecule has 8 aliphatic rings. The van der Waals surface area contributed by atoms with Crippen LogP contribution < -0.4 is 25.3 Å². The molecule has 3 aromatic heterocycles. The van der Waals surface area contributed by atoms with E-state index in [0.717, 1.165) is 78.1 Å². The fraction of sp³-hybridized carbons (Fsp3) is 0.600. The Morgan fingerprint density at radius 2 is 1.57 bits per heavy atom. The highest BCUT2D eigenvalue weighted by Gasteiger charge is 2.57. The average molecular weight is 1020 g/mol. The molecule has 6 aliphatic heterocycles. The van der Waals surface area contributed by atoms with E-state index < -0.39 is 41.2 Å². The molecule has 0 radical (unpaired) electrons. The zero-order valence-corrected chi connectivity index (χ0v) is 42.8. The molecule has 5 saturated heterocycles. The van der Waals surface area contributed by atoms with Crippen molar-refractivity contribution in [1.82, 2.24) is 39.5 Å². The Bertz CT molecular complexity index is 2880. The fourth-order valence-corrected chi connectivity index (χ4v) is 13.2. The number of anilines is 4. The van der Waals surface area contributed by atoms with Crippen LogP contribution in [0.15, 0.2) is 48.9 Å². The number of imidazole rings is 1. The maximum Gasteiger partial charge on any atom is 0.328 e. The van der Waals surface area contributed by atoms with Crippen LogP contribution in [0.25, 0.3) is 22.3 Å². The number of imide groups is 1. The Morgan fingerprint density at radius 3 is 2.24 bits per heavy atom. The van der Waals surface area contributed by atoms with Crippen molar-refractivity contribution < 1.29 is 32.8 Å². The third-order valence-corrected chi connectivity index (χ3v) is 18.0. The van der Waals surface area contributed by atoms with Crippen molar-refractivity contribution in [3.05, 3.63) is 54.5 Å². The monoisotopic (exact) mass is 1010 g/mol. The molecule has 2 saturated carbocycles. The number of rotatable bonds is 10. The molecule has 2 N–H and O–H groups in total. The van der Waals surface area contributed by atoms with Gasteiger partial charge in [0.1, 0.15) is 17.3 Å². The number of aromatic nitrogens is 4. The minimum absolute atomic E-state index is 0.00997. The van der Waals surface area contributed by atoms with Gasteiger partial charge in [0.05, 0.1) is 41.4 Å². The van der Waals surface area contributed by atoms with Gasteiger partial charge in [0.15, 0.2) is 5.82 Å². The standard InChI is InChI=1S/C55H68F2N12O5/c1-34(2)68-33-59-43-30-42(61-48(47(43)68)60-36-8-9-36)35-7-11-40-44(27-35)69(39-28-38(29-39)63-19-5-4-6-20-63)51(73)54(40)17-25-65(26-18-54)50(72)53(3)15-23-64(24-16-53)49(71)41-13-21-66(32-55(41,56)57)45-12-10-37(31-58-45)67-22-14-46(70)62-52(67)74/h7,10-12,27,30-31,33-34,36,38-39,41H,4-6,8-9,13-26,28-29,32H2,1-3H3,(H,60,61)(H,62,70,74).